The first kappa shape index (κ1) is 29.2. The number of anilines is 2. The average Bonchev–Trinajstić information content (AvgIpc) is 3.02. The zero-order valence-electron chi connectivity index (χ0n) is 24.8. The van der Waals surface area contributed by atoms with E-state index in [1.165, 1.54) is 37.6 Å². The van der Waals surface area contributed by atoms with Crippen molar-refractivity contribution in [3.05, 3.63) is 24.3 Å². The van der Waals surface area contributed by atoms with Gasteiger partial charge < -0.3 is 9.80 Å². The van der Waals surface area contributed by atoms with Gasteiger partial charge in [0, 0.05) is 114 Å². The highest BCUT2D eigenvalue weighted by atomic mass is 15.3. The third-order valence-corrected chi connectivity index (χ3v) is 8.48. The molecule has 2 aliphatic rings. The van der Waals surface area contributed by atoms with Crippen molar-refractivity contribution in [1.82, 2.24) is 19.6 Å². The molecule has 0 saturated carbocycles. The lowest BCUT2D eigenvalue weighted by atomic mass is 10.2. The molecule has 0 spiro atoms. The van der Waals surface area contributed by atoms with Crippen molar-refractivity contribution in [3.63, 3.8) is 0 Å². The van der Waals surface area contributed by atoms with Crippen molar-refractivity contribution in [3.8, 4) is 0 Å². The molecule has 0 unspecified atom stereocenters. The second-order valence-corrected chi connectivity index (χ2v) is 12.0. The summed E-state index contributed by atoms with van der Waals surface area (Å²) in [6, 6.07) is 11.9. The van der Waals surface area contributed by atoms with Crippen molar-refractivity contribution >= 4 is 11.4 Å². The normalized spacial score (nSPS) is 21.6. The van der Waals surface area contributed by atoms with Crippen LogP contribution in [-0.4, -0.2) is 122 Å². The maximum atomic E-state index is 2.65. The predicted octanol–water partition coefficient (Wildman–Crippen LogP) is 4.17. The highest BCUT2D eigenvalue weighted by Crippen LogP contribution is 2.23. The molecule has 6 nitrogen and oxygen atoms in total. The van der Waals surface area contributed by atoms with E-state index in [0.29, 0.717) is 24.2 Å². The zero-order valence-corrected chi connectivity index (χ0v) is 24.8. The molecule has 2 heterocycles. The molecule has 0 N–H and O–H groups in total. The van der Waals surface area contributed by atoms with Crippen molar-refractivity contribution in [2.75, 3.05) is 88.3 Å². The summed E-state index contributed by atoms with van der Waals surface area (Å²) in [4.78, 5) is 15.8. The number of rotatable bonds is 6. The van der Waals surface area contributed by atoms with Crippen molar-refractivity contribution in [1.29, 1.82) is 0 Å². The summed E-state index contributed by atoms with van der Waals surface area (Å²) in [6.45, 7) is 32.3. The Morgan fingerprint density at radius 2 is 0.556 bits per heavy atom. The van der Waals surface area contributed by atoms with Gasteiger partial charge in [-0.1, -0.05) is 0 Å². The summed E-state index contributed by atoms with van der Waals surface area (Å²) < 4.78 is 0. The monoisotopic (exact) mass is 500 g/mol. The van der Waals surface area contributed by atoms with Gasteiger partial charge in [0.2, 0.25) is 0 Å². The lowest BCUT2D eigenvalue weighted by Crippen LogP contribution is -2.41. The molecule has 0 radical (unpaired) electrons. The van der Waals surface area contributed by atoms with E-state index in [1.54, 1.807) is 0 Å². The van der Waals surface area contributed by atoms with Gasteiger partial charge in [0.1, 0.15) is 0 Å². The van der Waals surface area contributed by atoms with Gasteiger partial charge in [0.25, 0.3) is 0 Å². The second kappa shape index (κ2) is 14.0. The molecule has 206 valence electrons. The smallest absolute Gasteiger partial charge is 0.0368 e. The molecule has 0 amide bonds. The van der Waals surface area contributed by atoms with Gasteiger partial charge in [-0.2, -0.15) is 0 Å². The van der Waals surface area contributed by atoms with Gasteiger partial charge in [-0.05, 0) is 79.7 Å². The molecular weight excluding hydrogens is 444 g/mol. The SMILES string of the molecule is CC(C)N1CCN(c2ccc(N3CCN(C(C)C)CCN(C(C)C)CC3)cc2)CCN(C(C)C)CC1. The Morgan fingerprint density at radius 3 is 0.750 bits per heavy atom. The summed E-state index contributed by atoms with van der Waals surface area (Å²) in [5.74, 6) is 0. The molecule has 3 rings (SSSR count). The Hall–Kier alpha value is -1.34. The molecule has 0 bridgehead atoms. The number of benzene rings is 1. The van der Waals surface area contributed by atoms with Crippen molar-refractivity contribution in [2.24, 2.45) is 0 Å². The van der Waals surface area contributed by atoms with E-state index in [1.807, 2.05) is 0 Å². The van der Waals surface area contributed by atoms with Crippen molar-refractivity contribution < 1.29 is 0 Å². The minimum Gasteiger partial charge on any atom is -0.369 e. The Bertz CT molecular complexity index is 643. The number of hydrogen-bond acceptors (Lipinski definition) is 6. The van der Waals surface area contributed by atoms with Gasteiger partial charge in [-0.15, -0.1) is 0 Å². The van der Waals surface area contributed by atoms with E-state index in [-0.39, 0.29) is 0 Å². The third-order valence-electron chi connectivity index (χ3n) is 8.48. The van der Waals surface area contributed by atoms with Crippen LogP contribution in [0, 0.1) is 0 Å². The minimum absolute atomic E-state index is 0.591. The largest absolute Gasteiger partial charge is 0.369 e. The van der Waals surface area contributed by atoms with Gasteiger partial charge in [0.05, 0.1) is 0 Å². The van der Waals surface area contributed by atoms with E-state index in [4.69, 9.17) is 0 Å². The van der Waals surface area contributed by atoms with Crippen LogP contribution in [0.4, 0.5) is 11.4 Å². The van der Waals surface area contributed by atoms with E-state index in [9.17, 15) is 0 Å². The summed E-state index contributed by atoms with van der Waals surface area (Å²) in [5, 5.41) is 0. The lowest BCUT2D eigenvalue weighted by Gasteiger charge is -2.31. The van der Waals surface area contributed by atoms with Crippen LogP contribution in [0.2, 0.25) is 0 Å². The van der Waals surface area contributed by atoms with Crippen LogP contribution in [0.5, 0.6) is 0 Å². The van der Waals surface area contributed by atoms with Crippen LogP contribution < -0.4 is 9.80 Å². The van der Waals surface area contributed by atoms with Gasteiger partial charge in [-0.25, -0.2) is 0 Å². The molecule has 36 heavy (non-hydrogen) atoms. The van der Waals surface area contributed by atoms with Crippen LogP contribution in [0.1, 0.15) is 55.4 Å². The van der Waals surface area contributed by atoms with Crippen LogP contribution in [0.3, 0.4) is 0 Å². The number of hydrogen-bond donors (Lipinski definition) is 0. The number of nitrogens with zero attached hydrogens (tertiary/aromatic N) is 6. The minimum atomic E-state index is 0.591. The first-order chi connectivity index (χ1) is 17.2. The van der Waals surface area contributed by atoms with Gasteiger partial charge >= 0.3 is 0 Å². The Balaban J connectivity index is 1.74. The second-order valence-electron chi connectivity index (χ2n) is 12.0. The summed E-state index contributed by atoms with van der Waals surface area (Å²) >= 11 is 0. The molecule has 0 atom stereocenters. The van der Waals surface area contributed by atoms with Crippen LogP contribution in [0.25, 0.3) is 0 Å². The maximum Gasteiger partial charge on any atom is 0.0368 e. The fraction of sp³-hybridized carbons (Fsp3) is 0.800. The zero-order chi connectivity index (χ0) is 26.2. The topological polar surface area (TPSA) is 19.4 Å². The first-order valence-electron chi connectivity index (χ1n) is 14.7. The summed E-state index contributed by atoms with van der Waals surface area (Å²) in [7, 11) is 0. The van der Waals surface area contributed by atoms with Crippen LogP contribution >= 0.6 is 0 Å². The predicted molar refractivity (Wildman–Crippen MR) is 158 cm³/mol. The van der Waals surface area contributed by atoms with E-state index in [0.717, 1.165) is 52.4 Å². The standard InChI is InChI=1S/C30H56N6/c1-25(2)31-13-14-32(26(3)4)18-22-35(21-17-31)29-9-11-30(12-10-29)36-23-19-33(27(5)6)15-16-34(20-24-36)28(7)8/h9-12,25-28H,13-24H2,1-8H3. The highest BCUT2D eigenvalue weighted by Gasteiger charge is 2.22. The van der Waals surface area contributed by atoms with E-state index in [2.05, 4.69) is 109 Å². The van der Waals surface area contributed by atoms with Crippen LogP contribution in [0.15, 0.2) is 24.3 Å². The van der Waals surface area contributed by atoms with E-state index >= 15 is 0 Å². The molecular formula is C30H56N6. The average molecular weight is 501 g/mol. The van der Waals surface area contributed by atoms with E-state index < -0.39 is 0 Å². The van der Waals surface area contributed by atoms with Gasteiger partial charge in [0.15, 0.2) is 0 Å². The first-order valence-corrected chi connectivity index (χ1v) is 14.7. The fourth-order valence-corrected chi connectivity index (χ4v) is 5.64. The lowest BCUT2D eigenvalue weighted by molar-refractivity contribution is 0.169. The Morgan fingerprint density at radius 1 is 0.361 bits per heavy atom. The Kier molecular flexibility index (Phi) is 11.4. The Labute approximate surface area is 223 Å². The summed E-state index contributed by atoms with van der Waals surface area (Å²) in [5.41, 5.74) is 2.73. The molecule has 0 aromatic heterocycles. The van der Waals surface area contributed by atoms with Crippen molar-refractivity contribution in [2.45, 2.75) is 79.6 Å². The van der Waals surface area contributed by atoms with Gasteiger partial charge in [-0.3, -0.25) is 19.6 Å². The molecule has 1 aromatic carbocycles. The maximum absolute atomic E-state index is 2.65. The van der Waals surface area contributed by atoms with Crippen LogP contribution in [-0.2, 0) is 0 Å². The molecule has 6 heteroatoms. The molecule has 2 aliphatic heterocycles. The summed E-state index contributed by atoms with van der Waals surface area (Å²) in [6.07, 6.45) is 0. The third kappa shape index (κ3) is 8.34. The quantitative estimate of drug-likeness (QED) is 0.580. The molecule has 2 saturated heterocycles. The molecule has 2 fully saturated rings. The molecule has 1 aromatic rings. The fourth-order valence-electron chi connectivity index (χ4n) is 5.64. The highest BCUT2D eigenvalue weighted by molar-refractivity contribution is 5.56. The molecule has 0 aliphatic carbocycles.